The van der Waals surface area contributed by atoms with Crippen LogP contribution in [0.3, 0.4) is 0 Å². The Hall–Kier alpha value is -0.990. The van der Waals surface area contributed by atoms with Crippen LogP contribution in [0, 0.1) is 0 Å². The Morgan fingerprint density at radius 1 is 1.54 bits per heavy atom. The number of urea groups is 1. The summed E-state index contributed by atoms with van der Waals surface area (Å²) in [7, 11) is 0. The number of nitrogens with one attached hydrogen (secondary N) is 1. The van der Waals surface area contributed by atoms with Crippen LogP contribution in [-0.2, 0) is 0 Å². The Bertz CT molecular complexity index is 182. The second kappa shape index (κ2) is 4.90. The Kier molecular flexibility index (Phi) is 4.52. The van der Waals surface area contributed by atoms with Crippen LogP contribution in [0.15, 0.2) is 12.7 Å². The highest BCUT2D eigenvalue weighted by Crippen LogP contribution is 2.00. The second-order valence-corrected chi connectivity index (χ2v) is 4.01. The van der Waals surface area contributed by atoms with Crippen LogP contribution in [0.4, 0.5) is 4.79 Å². The zero-order valence-electron chi connectivity index (χ0n) is 9.05. The summed E-state index contributed by atoms with van der Waals surface area (Å²) in [6, 6.07) is -0.0325. The maximum atomic E-state index is 11.5. The largest absolute Gasteiger partial charge is 0.333 e. The van der Waals surface area contributed by atoms with Crippen molar-refractivity contribution in [2.45, 2.75) is 33.2 Å². The number of carbonyl (C=O) groups excluding carboxylic acids is 1. The zero-order chi connectivity index (χ0) is 10.5. The van der Waals surface area contributed by atoms with Crippen LogP contribution in [-0.4, -0.2) is 29.6 Å². The summed E-state index contributed by atoms with van der Waals surface area (Å²) in [6.07, 6.45) is 1.73. The molecule has 0 aromatic carbocycles. The molecule has 1 N–H and O–H groups in total. The highest BCUT2D eigenvalue weighted by atomic mass is 16.2. The molecule has 76 valence electrons. The van der Waals surface area contributed by atoms with Gasteiger partial charge in [-0.3, -0.25) is 0 Å². The normalized spacial score (nSPS) is 10.8. The quantitative estimate of drug-likeness (QED) is 0.668. The van der Waals surface area contributed by atoms with Crippen molar-refractivity contribution in [1.29, 1.82) is 0 Å². The number of likely N-dealkylation sites (N-methyl/N-ethyl adjacent to an activating group) is 1. The van der Waals surface area contributed by atoms with Gasteiger partial charge in [-0.1, -0.05) is 6.08 Å². The lowest BCUT2D eigenvalue weighted by Crippen LogP contribution is -2.48. The van der Waals surface area contributed by atoms with E-state index in [1.54, 1.807) is 11.0 Å². The van der Waals surface area contributed by atoms with Gasteiger partial charge < -0.3 is 10.2 Å². The Balaban J connectivity index is 4.13. The molecule has 3 heteroatoms. The standard InChI is InChI=1S/C10H20N2O/c1-6-8-12(7-2)9(13)11-10(3,4)5/h6H,1,7-8H2,2-5H3,(H,11,13). The van der Waals surface area contributed by atoms with Crippen molar-refractivity contribution in [3.63, 3.8) is 0 Å². The van der Waals surface area contributed by atoms with Gasteiger partial charge in [-0.25, -0.2) is 4.79 Å². The highest BCUT2D eigenvalue weighted by Gasteiger charge is 2.17. The first-order valence-corrected chi connectivity index (χ1v) is 4.58. The van der Waals surface area contributed by atoms with E-state index in [9.17, 15) is 4.79 Å². The Morgan fingerprint density at radius 3 is 2.38 bits per heavy atom. The number of carbonyl (C=O) groups is 1. The molecule has 0 rings (SSSR count). The first-order chi connectivity index (χ1) is 5.90. The SMILES string of the molecule is C=CCN(CC)C(=O)NC(C)(C)C. The van der Waals surface area contributed by atoms with E-state index in [-0.39, 0.29) is 11.6 Å². The van der Waals surface area contributed by atoms with Crippen molar-refractivity contribution in [3.8, 4) is 0 Å². The first kappa shape index (κ1) is 12.0. The first-order valence-electron chi connectivity index (χ1n) is 4.58. The lowest BCUT2D eigenvalue weighted by molar-refractivity contribution is 0.196. The molecule has 0 radical (unpaired) electrons. The minimum Gasteiger partial charge on any atom is -0.333 e. The van der Waals surface area contributed by atoms with Crippen molar-refractivity contribution in [2.24, 2.45) is 0 Å². The molecule has 0 aliphatic carbocycles. The minimum absolute atomic E-state index is 0.0325. The van der Waals surface area contributed by atoms with Crippen LogP contribution < -0.4 is 5.32 Å². The lowest BCUT2D eigenvalue weighted by atomic mass is 10.1. The van der Waals surface area contributed by atoms with Gasteiger partial charge in [0.1, 0.15) is 0 Å². The topological polar surface area (TPSA) is 32.3 Å². The molecule has 2 amide bonds. The Morgan fingerprint density at radius 2 is 2.08 bits per heavy atom. The number of amides is 2. The van der Waals surface area contributed by atoms with E-state index in [1.165, 1.54) is 0 Å². The average molecular weight is 184 g/mol. The molecule has 0 saturated carbocycles. The molecule has 0 unspecified atom stereocenters. The monoisotopic (exact) mass is 184 g/mol. The molecule has 0 saturated heterocycles. The summed E-state index contributed by atoms with van der Waals surface area (Å²) in [4.78, 5) is 13.3. The molecule has 0 aliphatic heterocycles. The summed E-state index contributed by atoms with van der Waals surface area (Å²) in [6.45, 7) is 12.7. The van der Waals surface area contributed by atoms with E-state index in [0.29, 0.717) is 13.1 Å². The summed E-state index contributed by atoms with van der Waals surface area (Å²) >= 11 is 0. The van der Waals surface area contributed by atoms with Gasteiger partial charge in [-0.2, -0.15) is 0 Å². The third-order valence-electron chi connectivity index (χ3n) is 1.50. The molecule has 0 fully saturated rings. The summed E-state index contributed by atoms with van der Waals surface area (Å²) in [5, 5.41) is 2.89. The van der Waals surface area contributed by atoms with Gasteiger partial charge in [0.2, 0.25) is 0 Å². The fraction of sp³-hybridized carbons (Fsp3) is 0.700. The van der Waals surface area contributed by atoms with Crippen molar-refractivity contribution in [3.05, 3.63) is 12.7 Å². The van der Waals surface area contributed by atoms with Crippen LogP contribution >= 0.6 is 0 Å². The maximum Gasteiger partial charge on any atom is 0.318 e. The number of nitrogens with zero attached hydrogens (tertiary/aromatic N) is 1. The van der Waals surface area contributed by atoms with Crippen LogP contribution in [0.2, 0.25) is 0 Å². The molecule has 0 spiro atoms. The lowest BCUT2D eigenvalue weighted by Gasteiger charge is -2.26. The number of rotatable bonds is 3. The molecule has 0 atom stereocenters. The van der Waals surface area contributed by atoms with E-state index in [2.05, 4.69) is 11.9 Å². The molecule has 0 bridgehead atoms. The number of hydrogen-bond donors (Lipinski definition) is 1. The van der Waals surface area contributed by atoms with Crippen molar-refractivity contribution in [1.82, 2.24) is 10.2 Å². The van der Waals surface area contributed by atoms with Gasteiger partial charge in [0, 0.05) is 18.6 Å². The van der Waals surface area contributed by atoms with E-state index in [0.717, 1.165) is 0 Å². The highest BCUT2D eigenvalue weighted by molar-refractivity contribution is 5.75. The van der Waals surface area contributed by atoms with Crippen LogP contribution in [0.25, 0.3) is 0 Å². The van der Waals surface area contributed by atoms with Crippen LogP contribution in [0.5, 0.6) is 0 Å². The van der Waals surface area contributed by atoms with Gasteiger partial charge in [-0.05, 0) is 27.7 Å². The zero-order valence-corrected chi connectivity index (χ0v) is 9.05. The number of hydrogen-bond acceptors (Lipinski definition) is 1. The fourth-order valence-corrected chi connectivity index (χ4v) is 0.911. The van der Waals surface area contributed by atoms with Gasteiger partial charge in [0.05, 0.1) is 0 Å². The molecule has 0 heterocycles. The molecule has 3 nitrogen and oxygen atoms in total. The predicted molar refractivity (Wildman–Crippen MR) is 55.7 cm³/mol. The molecular weight excluding hydrogens is 164 g/mol. The molecule has 0 aliphatic rings. The van der Waals surface area contributed by atoms with E-state index in [4.69, 9.17) is 0 Å². The second-order valence-electron chi connectivity index (χ2n) is 4.01. The molecule has 13 heavy (non-hydrogen) atoms. The molecule has 0 aromatic heterocycles. The van der Waals surface area contributed by atoms with Gasteiger partial charge in [0.25, 0.3) is 0 Å². The van der Waals surface area contributed by atoms with Gasteiger partial charge in [-0.15, -0.1) is 6.58 Å². The van der Waals surface area contributed by atoms with E-state index >= 15 is 0 Å². The molecule has 0 aromatic rings. The predicted octanol–water partition coefficient (Wildman–Crippen LogP) is 2.00. The summed E-state index contributed by atoms with van der Waals surface area (Å²) < 4.78 is 0. The van der Waals surface area contributed by atoms with Crippen molar-refractivity contribution in [2.75, 3.05) is 13.1 Å². The van der Waals surface area contributed by atoms with E-state index in [1.807, 2.05) is 27.7 Å². The van der Waals surface area contributed by atoms with E-state index < -0.39 is 0 Å². The van der Waals surface area contributed by atoms with Crippen molar-refractivity contribution >= 4 is 6.03 Å². The molecular formula is C10H20N2O. The average Bonchev–Trinajstić information content (AvgIpc) is 1.96. The maximum absolute atomic E-state index is 11.5. The van der Waals surface area contributed by atoms with Gasteiger partial charge >= 0.3 is 6.03 Å². The third kappa shape index (κ3) is 5.28. The minimum atomic E-state index is -0.175. The van der Waals surface area contributed by atoms with Crippen LogP contribution in [0.1, 0.15) is 27.7 Å². The Labute approximate surface area is 80.8 Å². The summed E-state index contributed by atoms with van der Waals surface area (Å²) in [5.74, 6) is 0. The smallest absolute Gasteiger partial charge is 0.318 e. The fourth-order valence-electron chi connectivity index (χ4n) is 0.911. The summed E-state index contributed by atoms with van der Waals surface area (Å²) in [5.41, 5.74) is -0.175. The van der Waals surface area contributed by atoms with Crippen molar-refractivity contribution < 1.29 is 4.79 Å². The third-order valence-corrected chi connectivity index (χ3v) is 1.50. The van der Waals surface area contributed by atoms with Gasteiger partial charge in [0.15, 0.2) is 0 Å².